The lowest BCUT2D eigenvalue weighted by atomic mass is 10.2. The normalized spacial score (nSPS) is 17.1. The Morgan fingerprint density at radius 2 is 2.09 bits per heavy atom. The number of benzene rings is 1. The Morgan fingerprint density at radius 3 is 2.91 bits per heavy atom. The number of nitrogens with zero attached hydrogens (tertiary/aromatic N) is 3. The molecular formula is C15H17ClN4O2S. The molecule has 0 unspecified atom stereocenters. The molecule has 1 aliphatic carbocycles. The quantitative estimate of drug-likeness (QED) is 0.673. The van der Waals surface area contributed by atoms with Crippen LogP contribution >= 0.6 is 23.4 Å². The first kappa shape index (κ1) is 15.0. The van der Waals surface area contributed by atoms with E-state index in [4.69, 9.17) is 26.9 Å². The van der Waals surface area contributed by atoms with Crippen molar-refractivity contribution < 1.29 is 9.47 Å². The Hall–Kier alpha value is -1.60. The third-order valence-corrected chi connectivity index (χ3v) is 5.16. The van der Waals surface area contributed by atoms with E-state index in [2.05, 4.69) is 10.2 Å². The molecule has 0 radical (unpaired) electrons. The van der Waals surface area contributed by atoms with Crippen molar-refractivity contribution in [2.75, 3.05) is 19.1 Å². The molecule has 122 valence electrons. The van der Waals surface area contributed by atoms with Gasteiger partial charge in [0.1, 0.15) is 0 Å². The first-order valence-electron chi connectivity index (χ1n) is 7.63. The average Bonchev–Trinajstić information content (AvgIpc) is 3.33. The lowest BCUT2D eigenvalue weighted by Crippen LogP contribution is -2.13. The zero-order valence-electron chi connectivity index (χ0n) is 12.5. The van der Waals surface area contributed by atoms with Crippen LogP contribution < -0.4 is 15.3 Å². The fraction of sp³-hybridized carbons (Fsp3) is 0.467. The van der Waals surface area contributed by atoms with E-state index >= 15 is 0 Å². The fourth-order valence-electron chi connectivity index (χ4n) is 2.52. The van der Waals surface area contributed by atoms with E-state index in [1.54, 1.807) is 16.4 Å². The highest BCUT2D eigenvalue weighted by atomic mass is 35.5. The van der Waals surface area contributed by atoms with Gasteiger partial charge in [-0.15, -0.1) is 10.2 Å². The zero-order chi connectivity index (χ0) is 15.8. The molecule has 1 fully saturated rings. The molecule has 0 atom stereocenters. The monoisotopic (exact) mass is 352 g/mol. The summed E-state index contributed by atoms with van der Waals surface area (Å²) < 4.78 is 13.0. The van der Waals surface area contributed by atoms with Crippen LogP contribution in [0.25, 0.3) is 0 Å². The van der Waals surface area contributed by atoms with Crippen LogP contribution in [-0.4, -0.2) is 28.1 Å². The molecule has 0 spiro atoms. The van der Waals surface area contributed by atoms with Gasteiger partial charge in [0, 0.05) is 18.1 Å². The molecule has 0 amide bonds. The average molecular weight is 353 g/mol. The third-order valence-electron chi connectivity index (χ3n) is 3.86. The molecule has 1 aromatic carbocycles. The van der Waals surface area contributed by atoms with Crippen molar-refractivity contribution in [3.05, 3.63) is 28.5 Å². The van der Waals surface area contributed by atoms with Gasteiger partial charge in [0.25, 0.3) is 0 Å². The molecule has 2 aliphatic rings. The predicted molar refractivity (Wildman–Crippen MR) is 88.8 cm³/mol. The molecular weight excluding hydrogens is 336 g/mol. The van der Waals surface area contributed by atoms with Crippen LogP contribution in [0.4, 0.5) is 0 Å². The summed E-state index contributed by atoms with van der Waals surface area (Å²) in [5.41, 5.74) is 1.04. The van der Waals surface area contributed by atoms with Gasteiger partial charge in [-0.25, -0.2) is 4.68 Å². The minimum absolute atomic E-state index is 0.481. The van der Waals surface area contributed by atoms with Gasteiger partial charge in [-0.3, -0.25) is 0 Å². The number of rotatable bonds is 4. The number of thioether (sulfide) groups is 1. The summed E-state index contributed by atoms with van der Waals surface area (Å²) in [7, 11) is 0. The van der Waals surface area contributed by atoms with Crippen LogP contribution in [0.15, 0.2) is 17.3 Å². The molecule has 1 saturated carbocycles. The number of fused-ring (bicyclic) bond motifs is 1. The van der Waals surface area contributed by atoms with Gasteiger partial charge in [-0.1, -0.05) is 23.4 Å². The lowest BCUT2D eigenvalue weighted by Gasteiger charge is -2.11. The van der Waals surface area contributed by atoms with E-state index in [9.17, 15) is 0 Å². The van der Waals surface area contributed by atoms with Gasteiger partial charge < -0.3 is 15.3 Å². The summed E-state index contributed by atoms with van der Waals surface area (Å²) in [4.78, 5) is 0. The first-order valence-corrected chi connectivity index (χ1v) is 9.00. The van der Waals surface area contributed by atoms with Crippen LogP contribution in [0.2, 0.25) is 5.02 Å². The minimum Gasteiger partial charge on any atom is -0.489 e. The second-order valence-electron chi connectivity index (χ2n) is 5.73. The summed E-state index contributed by atoms with van der Waals surface area (Å²) in [6, 6.07) is 3.87. The number of nitrogen functional groups attached to an aromatic ring is 1. The van der Waals surface area contributed by atoms with Gasteiger partial charge in [0.2, 0.25) is 5.16 Å². The topological polar surface area (TPSA) is 75.2 Å². The SMILES string of the molecule is Nn1c(SCc2cc(Cl)c3c(c2)OCCCO3)nnc1C1CC1. The largest absolute Gasteiger partial charge is 0.489 e. The molecule has 0 saturated heterocycles. The predicted octanol–water partition coefficient (Wildman–Crippen LogP) is 2.98. The number of hydrogen-bond donors (Lipinski definition) is 1. The number of ether oxygens (including phenoxy) is 2. The Labute approximate surface area is 143 Å². The van der Waals surface area contributed by atoms with Crippen molar-refractivity contribution in [3.8, 4) is 11.5 Å². The lowest BCUT2D eigenvalue weighted by molar-refractivity contribution is 0.297. The number of nitrogens with two attached hydrogens (primary N) is 1. The maximum atomic E-state index is 6.31. The maximum Gasteiger partial charge on any atom is 0.210 e. The van der Waals surface area contributed by atoms with E-state index in [1.807, 2.05) is 12.1 Å². The Morgan fingerprint density at radius 1 is 1.26 bits per heavy atom. The molecule has 1 aliphatic heterocycles. The Balaban J connectivity index is 1.50. The zero-order valence-corrected chi connectivity index (χ0v) is 14.1. The van der Waals surface area contributed by atoms with Gasteiger partial charge in [0.15, 0.2) is 17.3 Å². The van der Waals surface area contributed by atoms with Gasteiger partial charge in [-0.05, 0) is 30.5 Å². The highest BCUT2D eigenvalue weighted by Crippen LogP contribution is 2.41. The highest BCUT2D eigenvalue weighted by molar-refractivity contribution is 7.98. The molecule has 0 bridgehead atoms. The van der Waals surface area contributed by atoms with Gasteiger partial charge in [0.05, 0.1) is 18.2 Å². The van der Waals surface area contributed by atoms with Crippen molar-refractivity contribution in [2.45, 2.75) is 36.1 Å². The molecule has 4 rings (SSSR count). The standard InChI is InChI=1S/C15H17ClN4O2S/c16-11-6-9(7-12-13(11)22-5-1-4-21-12)8-23-15-19-18-14(20(15)17)10-2-3-10/h6-7,10H,1-5,8,17H2. The van der Waals surface area contributed by atoms with E-state index < -0.39 is 0 Å². The molecule has 2 heterocycles. The first-order chi connectivity index (χ1) is 11.2. The van der Waals surface area contributed by atoms with Crippen molar-refractivity contribution in [3.63, 3.8) is 0 Å². The molecule has 23 heavy (non-hydrogen) atoms. The molecule has 1 aromatic heterocycles. The second kappa shape index (κ2) is 6.13. The Bertz CT molecular complexity index is 733. The van der Waals surface area contributed by atoms with Crippen molar-refractivity contribution >= 4 is 23.4 Å². The number of hydrogen-bond acceptors (Lipinski definition) is 6. The van der Waals surface area contributed by atoms with Gasteiger partial charge in [-0.2, -0.15) is 0 Å². The van der Waals surface area contributed by atoms with Crippen LogP contribution in [-0.2, 0) is 5.75 Å². The van der Waals surface area contributed by atoms with Crippen LogP contribution in [0.3, 0.4) is 0 Å². The summed E-state index contributed by atoms with van der Waals surface area (Å²) in [6.45, 7) is 1.27. The van der Waals surface area contributed by atoms with E-state index in [0.29, 0.717) is 41.4 Å². The number of aromatic nitrogens is 3. The van der Waals surface area contributed by atoms with E-state index in [1.165, 1.54) is 0 Å². The smallest absolute Gasteiger partial charge is 0.210 e. The molecule has 2 N–H and O–H groups in total. The van der Waals surface area contributed by atoms with Crippen molar-refractivity contribution in [2.24, 2.45) is 0 Å². The van der Waals surface area contributed by atoms with Crippen molar-refractivity contribution in [1.82, 2.24) is 14.9 Å². The fourth-order valence-corrected chi connectivity index (χ4v) is 3.60. The summed E-state index contributed by atoms with van der Waals surface area (Å²) in [6.07, 6.45) is 3.16. The second-order valence-corrected chi connectivity index (χ2v) is 7.08. The summed E-state index contributed by atoms with van der Waals surface area (Å²) >= 11 is 7.85. The summed E-state index contributed by atoms with van der Waals surface area (Å²) in [5, 5.41) is 9.66. The molecule has 6 nitrogen and oxygen atoms in total. The molecule has 2 aromatic rings. The maximum absolute atomic E-state index is 6.31. The van der Waals surface area contributed by atoms with Gasteiger partial charge >= 0.3 is 0 Å². The molecule has 8 heteroatoms. The van der Waals surface area contributed by atoms with E-state index in [-0.39, 0.29) is 0 Å². The highest BCUT2D eigenvalue weighted by Gasteiger charge is 2.29. The third kappa shape index (κ3) is 3.07. The van der Waals surface area contributed by atoms with E-state index in [0.717, 1.165) is 35.8 Å². The van der Waals surface area contributed by atoms with Crippen LogP contribution in [0.5, 0.6) is 11.5 Å². The number of halogens is 1. The minimum atomic E-state index is 0.481. The van der Waals surface area contributed by atoms with Crippen LogP contribution in [0.1, 0.15) is 36.6 Å². The summed E-state index contributed by atoms with van der Waals surface area (Å²) in [5.74, 6) is 9.46. The Kier molecular flexibility index (Phi) is 3.98. The van der Waals surface area contributed by atoms with Crippen molar-refractivity contribution in [1.29, 1.82) is 0 Å². The van der Waals surface area contributed by atoms with Crippen LogP contribution in [0, 0.1) is 0 Å².